The Balaban J connectivity index is 1.75. The summed E-state index contributed by atoms with van der Waals surface area (Å²) in [6.07, 6.45) is 1.24. The van der Waals surface area contributed by atoms with Gasteiger partial charge in [-0.3, -0.25) is 14.4 Å². The summed E-state index contributed by atoms with van der Waals surface area (Å²) in [6, 6.07) is 5.64. The summed E-state index contributed by atoms with van der Waals surface area (Å²) in [7, 11) is 3.17. The van der Waals surface area contributed by atoms with Crippen LogP contribution in [0.1, 0.15) is 31.7 Å². The molecule has 1 fully saturated rings. The predicted molar refractivity (Wildman–Crippen MR) is 107 cm³/mol. The highest BCUT2D eigenvalue weighted by molar-refractivity contribution is 5.82. The third-order valence-electron chi connectivity index (χ3n) is 4.91. The summed E-state index contributed by atoms with van der Waals surface area (Å²) in [5.74, 6) is 0.942. The van der Waals surface area contributed by atoms with Gasteiger partial charge in [0.1, 0.15) is 0 Å². The van der Waals surface area contributed by atoms with E-state index in [9.17, 15) is 14.4 Å². The Morgan fingerprint density at radius 1 is 0.862 bits per heavy atom. The monoisotopic (exact) mass is 406 g/mol. The Morgan fingerprint density at radius 3 is 2.00 bits per heavy atom. The second kappa shape index (κ2) is 11.3. The molecule has 1 aromatic rings. The number of amides is 2. The fourth-order valence-corrected chi connectivity index (χ4v) is 3.25. The lowest BCUT2D eigenvalue weighted by Crippen LogP contribution is -2.50. The molecule has 0 saturated carbocycles. The standard InChI is InChI=1S/C21H30N2O6/c1-4-29-21(26)10-9-20(25)23-13-11-22(12-14-23)19(24)8-6-16-5-7-17(27-2)18(15-16)28-3/h5,7,15H,4,6,8-14H2,1-3H3. The van der Waals surface area contributed by atoms with E-state index in [0.29, 0.717) is 57.1 Å². The average Bonchev–Trinajstić information content (AvgIpc) is 2.75. The first-order valence-electron chi connectivity index (χ1n) is 9.90. The number of carbonyl (C=O) groups excluding carboxylic acids is 3. The molecule has 0 N–H and O–H groups in total. The average molecular weight is 406 g/mol. The zero-order valence-corrected chi connectivity index (χ0v) is 17.4. The third kappa shape index (κ3) is 6.66. The molecule has 160 valence electrons. The van der Waals surface area contributed by atoms with Gasteiger partial charge in [-0.2, -0.15) is 0 Å². The van der Waals surface area contributed by atoms with Crippen LogP contribution < -0.4 is 9.47 Å². The zero-order chi connectivity index (χ0) is 21.2. The molecule has 0 spiro atoms. The van der Waals surface area contributed by atoms with Gasteiger partial charge in [0.15, 0.2) is 11.5 Å². The van der Waals surface area contributed by atoms with Crippen LogP contribution in [-0.2, 0) is 25.5 Å². The summed E-state index contributed by atoms with van der Waals surface area (Å²) in [5.41, 5.74) is 1.00. The van der Waals surface area contributed by atoms with Crippen molar-refractivity contribution in [3.8, 4) is 11.5 Å². The van der Waals surface area contributed by atoms with E-state index in [0.717, 1.165) is 5.56 Å². The number of rotatable bonds is 9. The van der Waals surface area contributed by atoms with E-state index in [1.165, 1.54) is 0 Å². The summed E-state index contributed by atoms with van der Waals surface area (Å²) in [4.78, 5) is 39.6. The van der Waals surface area contributed by atoms with Crippen LogP contribution in [-0.4, -0.2) is 74.6 Å². The number of benzene rings is 1. The summed E-state index contributed by atoms with van der Waals surface area (Å²) in [6.45, 7) is 4.05. The van der Waals surface area contributed by atoms with Gasteiger partial charge < -0.3 is 24.0 Å². The highest BCUT2D eigenvalue weighted by atomic mass is 16.5. The fraction of sp³-hybridized carbons (Fsp3) is 0.571. The van der Waals surface area contributed by atoms with Crippen molar-refractivity contribution in [2.75, 3.05) is 47.0 Å². The molecule has 8 nitrogen and oxygen atoms in total. The van der Waals surface area contributed by atoms with Crippen molar-refractivity contribution >= 4 is 17.8 Å². The lowest BCUT2D eigenvalue weighted by Gasteiger charge is -2.35. The van der Waals surface area contributed by atoms with Crippen LogP contribution in [0.2, 0.25) is 0 Å². The number of methoxy groups -OCH3 is 2. The molecule has 29 heavy (non-hydrogen) atoms. The second-order valence-corrected chi connectivity index (χ2v) is 6.76. The number of aryl methyl sites for hydroxylation is 1. The van der Waals surface area contributed by atoms with Crippen LogP contribution in [0.15, 0.2) is 18.2 Å². The molecule has 1 aromatic carbocycles. The van der Waals surface area contributed by atoms with Gasteiger partial charge in [-0.05, 0) is 31.0 Å². The van der Waals surface area contributed by atoms with Crippen molar-refractivity contribution in [1.29, 1.82) is 0 Å². The number of esters is 1. The minimum atomic E-state index is -0.357. The zero-order valence-electron chi connectivity index (χ0n) is 17.4. The summed E-state index contributed by atoms with van der Waals surface area (Å²) >= 11 is 0. The molecule has 2 rings (SSSR count). The van der Waals surface area contributed by atoms with Gasteiger partial charge in [0.2, 0.25) is 11.8 Å². The highest BCUT2D eigenvalue weighted by Crippen LogP contribution is 2.28. The Kier molecular flexibility index (Phi) is 8.76. The van der Waals surface area contributed by atoms with E-state index in [4.69, 9.17) is 14.2 Å². The maximum absolute atomic E-state index is 12.5. The van der Waals surface area contributed by atoms with Crippen LogP contribution in [0.3, 0.4) is 0 Å². The van der Waals surface area contributed by atoms with E-state index in [2.05, 4.69) is 0 Å². The van der Waals surface area contributed by atoms with Crippen molar-refractivity contribution in [2.45, 2.75) is 32.6 Å². The molecule has 8 heteroatoms. The SMILES string of the molecule is CCOC(=O)CCC(=O)N1CCN(C(=O)CCc2ccc(OC)c(OC)c2)CC1. The first kappa shape index (κ1) is 22.5. The van der Waals surface area contributed by atoms with Gasteiger partial charge in [-0.25, -0.2) is 0 Å². The van der Waals surface area contributed by atoms with Gasteiger partial charge in [-0.15, -0.1) is 0 Å². The van der Waals surface area contributed by atoms with Gasteiger partial charge >= 0.3 is 5.97 Å². The molecular weight excluding hydrogens is 376 g/mol. The van der Waals surface area contributed by atoms with Gasteiger partial charge in [0.25, 0.3) is 0 Å². The van der Waals surface area contributed by atoms with Crippen LogP contribution >= 0.6 is 0 Å². The fourth-order valence-electron chi connectivity index (χ4n) is 3.25. The Hall–Kier alpha value is -2.77. The molecule has 0 aliphatic carbocycles. The quantitative estimate of drug-likeness (QED) is 0.580. The van der Waals surface area contributed by atoms with Crippen LogP contribution in [0.4, 0.5) is 0 Å². The molecule has 0 unspecified atom stereocenters. The smallest absolute Gasteiger partial charge is 0.306 e. The first-order valence-corrected chi connectivity index (χ1v) is 9.90. The molecule has 0 bridgehead atoms. The van der Waals surface area contributed by atoms with E-state index in [1.54, 1.807) is 30.9 Å². The topological polar surface area (TPSA) is 85.4 Å². The summed E-state index contributed by atoms with van der Waals surface area (Å²) < 4.78 is 15.4. The largest absolute Gasteiger partial charge is 0.493 e. The third-order valence-corrected chi connectivity index (χ3v) is 4.91. The Labute approximate surface area is 171 Å². The van der Waals surface area contributed by atoms with Crippen molar-refractivity contribution in [2.24, 2.45) is 0 Å². The molecule has 1 saturated heterocycles. The van der Waals surface area contributed by atoms with Crippen LogP contribution in [0.5, 0.6) is 11.5 Å². The molecule has 1 aliphatic heterocycles. The van der Waals surface area contributed by atoms with E-state index in [1.807, 2.05) is 18.2 Å². The first-order chi connectivity index (χ1) is 14.0. The molecular formula is C21H30N2O6. The minimum absolute atomic E-state index is 0.0680. The number of piperazine rings is 1. The Bertz CT molecular complexity index is 713. The lowest BCUT2D eigenvalue weighted by molar-refractivity contribution is -0.146. The number of ether oxygens (including phenoxy) is 3. The van der Waals surface area contributed by atoms with Gasteiger partial charge in [0, 0.05) is 39.0 Å². The summed E-state index contributed by atoms with van der Waals surface area (Å²) in [5, 5.41) is 0. The van der Waals surface area contributed by atoms with Crippen LogP contribution in [0.25, 0.3) is 0 Å². The molecule has 0 aromatic heterocycles. The van der Waals surface area contributed by atoms with Crippen molar-refractivity contribution in [3.63, 3.8) is 0 Å². The maximum atomic E-state index is 12.5. The lowest BCUT2D eigenvalue weighted by atomic mass is 10.1. The van der Waals surface area contributed by atoms with Crippen molar-refractivity contribution in [3.05, 3.63) is 23.8 Å². The molecule has 0 radical (unpaired) electrons. The molecule has 0 atom stereocenters. The predicted octanol–water partition coefficient (Wildman–Crippen LogP) is 1.65. The molecule has 2 amide bonds. The minimum Gasteiger partial charge on any atom is -0.493 e. The number of hydrogen-bond acceptors (Lipinski definition) is 6. The Morgan fingerprint density at radius 2 is 1.45 bits per heavy atom. The number of nitrogens with zero attached hydrogens (tertiary/aromatic N) is 2. The highest BCUT2D eigenvalue weighted by Gasteiger charge is 2.24. The van der Waals surface area contributed by atoms with E-state index in [-0.39, 0.29) is 30.6 Å². The number of carbonyl (C=O) groups is 3. The van der Waals surface area contributed by atoms with Gasteiger partial charge in [0.05, 0.1) is 27.2 Å². The molecule has 1 heterocycles. The van der Waals surface area contributed by atoms with E-state index < -0.39 is 0 Å². The van der Waals surface area contributed by atoms with Crippen molar-refractivity contribution < 1.29 is 28.6 Å². The van der Waals surface area contributed by atoms with Crippen LogP contribution in [0, 0.1) is 0 Å². The maximum Gasteiger partial charge on any atom is 0.306 e. The second-order valence-electron chi connectivity index (χ2n) is 6.76. The molecule has 1 aliphatic rings. The van der Waals surface area contributed by atoms with Crippen molar-refractivity contribution in [1.82, 2.24) is 9.80 Å². The van der Waals surface area contributed by atoms with Gasteiger partial charge in [-0.1, -0.05) is 6.07 Å². The van der Waals surface area contributed by atoms with E-state index >= 15 is 0 Å². The number of hydrogen-bond donors (Lipinski definition) is 0. The normalized spacial score (nSPS) is 13.8.